The summed E-state index contributed by atoms with van der Waals surface area (Å²) in [5.41, 5.74) is 5.56. The fourth-order valence-corrected chi connectivity index (χ4v) is 4.04. The first-order valence-corrected chi connectivity index (χ1v) is 9.85. The molecule has 1 atom stereocenters. The molecule has 0 heterocycles. The Hall–Kier alpha value is -1.06. The average Bonchev–Trinajstić information content (AvgIpc) is 2.93. The Labute approximate surface area is 160 Å². The SMILES string of the molecule is CCCCCCNCC(O)c1cc(Cl)cc2c1-c1ccc(Cl)cc1C2. The van der Waals surface area contributed by atoms with E-state index in [1.54, 1.807) is 0 Å². The van der Waals surface area contributed by atoms with Crippen LogP contribution in [0.25, 0.3) is 11.1 Å². The molecule has 2 nitrogen and oxygen atoms in total. The van der Waals surface area contributed by atoms with Gasteiger partial charge in [0.15, 0.2) is 0 Å². The van der Waals surface area contributed by atoms with Crippen molar-refractivity contribution < 1.29 is 5.11 Å². The third-order valence-electron chi connectivity index (χ3n) is 4.84. The highest BCUT2D eigenvalue weighted by atomic mass is 35.5. The topological polar surface area (TPSA) is 32.3 Å². The molecule has 2 aromatic carbocycles. The number of aliphatic hydroxyl groups is 1. The van der Waals surface area contributed by atoms with Crippen molar-refractivity contribution in [3.8, 4) is 11.1 Å². The molecule has 134 valence electrons. The molecule has 0 amide bonds. The van der Waals surface area contributed by atoms with Crippen LogP contribution in [-0.2, 0) is 6.42 Å². The van der Waals surface area contributed by atoms with Crippen LogP contribution in [0.15, 0.2) is 30.3 Å². The molecule has 2 aromatic rings. The maximum absolute atomic E-state index is 10.7. The molecule has 0 fully saturated rings. The standard InChI is InChI=1S/C21H25Cl2NO/c1-2-3-4-5-8-24-13-20(25)19-12-17(23)11-15-9-14-10-16(22)6-7-18(14)21(15)19/h6-7,10-12,20,24-25H,2-5,8-9,13H2,1H3. The molecule has 0 bridgehead atoms. The van der Waals surface area contributed by atoms with Gasteiger partial charge in [-0.25, -0.2) is 0 Å². The molecule has 0 saturated carbocycles. The fourth-order valence-electron chi connectivity index (χ4n) is 3.60. The highest BCUT2D eigenvalue weighted by Crippen LogP contribution is 2.43. The second-order valence-corrected chi connectivity index (χ2v) is 7.66. The van der Waals surface area contributed by atoms with E-state index in [-0.39, 0.29) is 0 Å². The molecule has 0 radical (unpaired) electrons. The maximum atomic E-state index is 10.7. The highest BCUT2D eigenvalue weighted by Gasteiger charge is 2.25. The molecule has 3 rings (SSSR count). The van der Waals surface area contributed by atoms with Crippen molar-refractivity contribution in [1.82, 2.24) is 5.32 Å². The molecule has 0 aliphatic heterocycles. The smallest absolute Gasteiger partial charge is 0.0920 e. The zero-order chi connectivity index (χ0) is 17.8. The molecular weight excluding hydrogens is 353 g/mol. The van der Waals surface area contributed by atoms with Crippen LogP contribution < -0.4 is 5.32 Å². The van der Waals surface area contributed by atoms with Gasteiger partial charge in [0.25, 0.3) is 0 Å². The van der Waals surface area contributed by atoms with Crippen molar-refractivity contribution in [3.63, 3.8) is 0 Å². The van der Waals surface area contributed by atoms with Gasteiger partial charge in [0.1, 0.15) is 0 Å². The number of rotatable bonds is 8. The normalized spacial score (nSPS) is 13.6. The number of fused-ring (bicyclic) bond motifs is 3. The average molecular weight is 378 g/mol. The molecule has 1 unspecified atom stereocenters. The van der Waals surface area contributed by atoms with Gasteiger partial charge < -0.3 is 10.4 Å². The third-order valence-corrected chi connectivity index (χ3v) is 5.29. The van der Waals surface area contributed by atoms with Crippen LogP contribution in [0.4, 0.5) is 0 Å². The van der Waals surface area contributed by atoms with Gasteiger partial charge in [0.05, 0.1) is 6.10 Å². The maximum Gasteiger partial charge on any atom is 0.0920 e. The van der Waals surface area contributed by atoms with Crippen molar-refractivity contribution in [2.24, 2.45) is 0 Å². The first-order valence-electron chi connectivity index (χ1n) is 9.10. The van der Waals surface area contributed by atoms with E-state index in [2.05, 4.69) is 12.2 Å². The molecular formula is C21H25Cl2NO. The lowest BCUT2D eigenvalue weighted by atomic mass is 9.95. The van der Waals surface area contributed by atoms with Crippen molar-refractivity contribution in [1.29, 1.82) is 0 Å². The summed E-state index contributed by atoms with van der Waals surface area (Å²) in [6, 6.07) is 9.86. The second kappa shape index (κ2) is 8.55. The Balaban J connectivity index is 1.75. The van der Waals surface area contributed by atoms with Crippen LogP contribution in [0, 0.1) is 0 Å². The summed E-state index contributed by atoms with van der Waals surface area (Å²) in [5, 5.41) is 15.5. The molecule has 4 heteroatoms. The Morgan fingerprint density at radius 3 is 2.64 bits per heavy atom. The predicted octanol–water partition coefficient (Wildman–Crippen LogP) is 5.77. The summed E-state index contributed by atoms with van der Waals surface area (Å²) >= 11 is 12.4. The minimum atomic E-state index is -0.569. The predicted molar refractivity (Wildman–Crippen MR) is 107 cm³/mol. The molecule has 1 aliphatic carbocycles. The summed E-state index contributed by atoms with van der Waals surface area (Å²) in [7, 11) is 0. The van der Waals surface area contributed by atoms with E-state index in [9.17, 15) is 5.11 Å². The Morgan fingerprint density at radius 2 is 1.84 bits per heavy atom. The largest absolute Gasteiger partial charge is 0.387 e. The van der Waals surface area contributed by atoms with E-state index in [4.69, 9.17) is 23.2 Å². The van der Waals surface area contributed by atoms with Crippen LogP contribution in [0.1, 0.15) is 55.4 Å². The second-order valence-electron chi connectivity index (χ2n) is 6.79. The Bertz CT molecular complexity index is 745. The van der Waals surface area contributed by atoms with Gasteiger partial charge in [0, 0.05) is 16.6 Å². The first kappa shape index (κ1) is 18.7. The molecule has 0 spiro atoms. The lowest BCUT2D eigenvalue weighted by Crippen LogP contribution is -2.23. The van der Waals surface area contributed by atoms with E-state index < -0.39 is 6.10 Å². The van der Waals surface area contributed by atoms with Gasteiger partial charge in [-0.15, -0.1) is 0 Å². The van der Waals surface area contributed by atoms with E-state index in [1.165, 1.54) is 30.4 Å². The van der Waals surface area contributed by atoms with Gasteiger partial charge in [-0.1, -0.05) is 55.5 Å². The van der Waals surface area contributed by atoms with Crippen molar-refractivity contribution in [2.75, 3.05) is 13.1 Å². The number of nitrogens with one attached hydrogen (secondary N) is 1. The monoisotopic (exact) mass is 377 g/mol. The van der Waals surface area contributed by atoms with Crippen LogP contribution in [-0.4, -0.2) is 18.2 Å². The lowest BCUT2D eigenvalue weighted by molar-refractivity contribution is 0.175. The number of hydrogen-bond donors (Lipinski definition) is 2. The van der Waals surface area contributed by atoms with Gasteiger partial charge >= 0.3 is 0 Å². The van der Waals surface area contributed by atoms with Crippen LogP contribution >= 0.6 is 23.2 Å². The molecule has 0 aromatic heterocycles. The van der Waals surface area contributed by atoms with E-state index in [1.807, 2.05) is 30.3 Å². The molecule has 25 heavy (non-hydrogen) atoms. The number of unbranched alkanes of at least 4 members (excludes halogenated alkanes) is 3. The van der Waals surface area contributed by atoms with Crippen molar-refractivity contribution in [3.05, 3.63) is 57.1 Å². The fraction of sp³-hybridized carbons (Fsp3) is 0.429. The summed E-state index contributed by atoms with van der Waals surface area (Å²) in [5.74, 6) is 0. The zero-order valence-corrected chi connectivity index (χ0v) is 16.1. The van der Waals surface area contributed by atoms with Crippen molar-refractivity contribution in [2.45, 2.75) is 45.1 Å². The summed E-state index contributed by atoms with van der Waals surface area (Å²) in [4.78, 5) is 0. The van der Waals surface area contributed by atoms with E-state index in [0.717, 1.165) is 41.1 Å². The first-order chi connectivity index (χ1) is 12.1. The minimum Gasteiger partial charge on any atom is -0.387 e. The van der Waals surface area contributed by atoms with Crippen LogP contribution in [0.2, 0.25) is 10.0 Å². The minimum absolute atomic E-state index is 0.543. The van der Waals surface area contributed by atoms with Gasteiger partial charge in [-0.05, 0) is 71.5 Å². The Morgan fingerprint density at radius 1 is 1.04 bits per heavy atom. The van der Waals surface area contributed by atoms with Gasteiger partial charge in [0.2, 0.25) is 0 Å². The van der Waals surface area contributed by atoms with Crippen LogP contribution in [0.3, 0.4) is 0 Å². The van der Waals surface area contributed by atoms with E-state index in [0.29, 0.717) is 11.6 Å². The number of hydrogen-bond acceptors (Lipinski definition) is 2. The summed E-state index contributed by atoms with van der Waals surface area (Å²) < 4.78 is 0. The number of halogens is 2. The summed E-state index contributed by atoms with van der Waals surface area (Å²) in [6.07, 6.45) is 5.14. The Kier molecular flexibility index (Phi) is 6.40. The molecule has 2 N–H and O–H groups in total. The van der Waals surface area contributed by atoms with Crippen molar-refractivity contribution >= 4 is 23.2 Å². The third kappa shape index (κ3) is 4.38. The molecule has 1 aliphatic rings. The van der Waals surface area contributed by atoms with Gasteiger partial charge in [-0.3, -0.25) is 0 Å². The van der Waals surface area contributed by atoms with Gasteiger partial charge in [-0.2, -0.15) is 0 Å². The van der Waals surface area contributed by atoms with E-state index >= 15 is 0 Å². The summed E-state index contributed by atoms with van der Waals surface area (Å²) in [6.45, 7) is 3.69. The number of benzene rings is 2. The highest BCUT2D eigenvalue weighted by molar-refractivity contribution is 6.31. The van der Waals surface area contributed by atoms with Crippen LogP contribution in [0.5, 0.6) is 0 Å². The quantitative estimate of drug-likeness (QED) is 0.488. The molecule has 0 saturated heterocycles. The number of aliphatic hydroxyl groups excluding tert-OH is 1. The zero-order valence-electron chi connectivity index (χ0n) is 14.6. The lowest BCUT2D eigenvalue weighted by Gasteiger charge is -2.17.